The maximum atomic E-state index is 11.9. The molecule has 130 valence electrons. The fourth-order valence-electron chi connectivity index (χ4n) is 2.08. The van der Waals surface area contributed by atoms with E-state index < -0.39 is 0 Å². The molecule has 0 spiro atoms. The van der Waals surface area contributed by atoms with Gasteiger partial charge in [0.25, 0.3) is 5.91 Å². The molecule has 0 aromatic heterocycles. The Hall–Kier alpha value is -3.15. The minimum absolute atomic E-state index is 0.0649. The molecule has 0 fully saturated rings. The van der Waals surface area contributed by atoms with Crippen molar-refractivity contribution >= 4 is 23.6 Å². The lowest BCUT2D eigenvalue weighted by molar-refractivity contribution is -0.120. The lowest BCUT2D eigenvalue weighted by Gasteiger charge is -2.06. The van der Waals surface area contributed by atoms with Crippen LogP contribution in [0.3, 0.4) is 0 Å². The molecule has 6 heteroatoms. The van der Waals surface area contributed by atoms with E-state index in [2.05, 4.69) is 10.5 Å². The van der Waals surface area contributed by atoms with Crippen LogP contribution in [0, 0.1) is 0 Å². The number of hydrogen-bond acceptors (Lipinski definition) is 5. The average Bonchev–Trinajstić information content (AvgIpc) is 2.60. The number of carbonyl (C=O) groups is 2. The third-order valence-corrected chi connectivity index (χ3v) is 3.23. The summed E-state index contributed by atoms with van der Waals surface area (Å²) in [6, 6.07) is 14.1. The summed E-state index contributed by atoms with van der Waals surface area (Å²) in [6.45, 7) is 3.68. The van der Waals surface area contributed by atoms with Gasteiger partial charge >= 0.3 is 0 Å². The first-order valence-electron chi connectivity index (χ1n) is 7.88. The largest absolute Gasteiger partial charge is 0.493 e. The molecule has 2 rings (SSSR count). The van der Waals surface area contributed by atoms with E-state index in [1.165, 1.54) is 13.1 Å². The van der Waals surface area contributed by atoms with Gasteiger partial charge in [0.15, 0.2) is 12.4 Å². The zero-order valence-electron chi connectivity index (χ0n) is 14.2. The van der Waals surface area contributed by atoms with E-state index in [4.69, 9.17) is 9.57 Å². The van der Waals surface area contributed by atoms with Gasteiger partial charge in [-0.2, -0.15) is 0 Å². The summed E-state index contributed by atoms with van der Waals surface area (Å²) in [4.78, 5) is 28.2. The molecule has 0 bridgehead atoms. The van der Waals surface area contributed by atoms with Crippen LogP contribution in [0.15, 0.2) is 53.7 Å². The Morgan fingerprint density at radius 2 is 1.96 bits per heavy atom. The van der Waals surface area contributed by atoms with Gasteiger partial charge in [-0.3, -0.25) is 9.59 Å². The maximum Gasteiger partial charge on any atom is 0.265 e. The van der Waals surface area contributed by atoms with Gasteiger partial charge < -0.3 is 14.9 Å². The minimum Gasteiger partial charge on any atom is -0.493 e. The van der Waals surface area contributed by atoms with Crippen molar-refractivity contribution in [3.63, 3.8) is 0 Å². The molecule has 1 amide bonds. The molecule has 0 heterocycles. The molecule has 6 nitrogen and oxygen atoms in total. The van der Waals surface area contributed by atoms with E-state index in [0.29, 0.717) is 23.6 Å². The Labute approximate surface area is 146 Å². The predicted octanol–water partition coefficient (Wildman–Crippen LogP) is 3.28. The number of nitrogens with one attached hydrogen (secondary N) is 1. The van der Waals surface area contributed by atoms with E-state index in [1.54, 1.807) is 24.3 Å². The van der Waals surface area contributed by atoms with Crippen molar-refractivity contribution in [3.05, 3.63) is 59.7 Å². The standard InChI is InChI=1S/C19H20N2O4/c1-3-24-18-10-5-4-7-16(18)12-20-25-13-19(23)21-17-9-6-8-15(11-17)14(2)22/h4-12H,3,13H2,1-2H3,(H,21,23)/b20-12+. The lowest BCUT2D eigenvalue weighted by atomic mass is 10.1. The second-order valence-corrected chi connectivity index (χ2v) is 5.16. The molecule has 2 aromatic carbocycles. The number of rotatable bonds is 8. The zero-order valence-corrected chi connectivity index (χ0v) is 14.2. The van der Waals surface area contributed by atoms with Gasteiger partial charge in [-0.05, 0) is 38.1 Å². The van der Waals surface area contributed by atoms with E-state index in [9.17, 15) is 9.59 Å². The molecule has 0 aliphatic carbocycles. The summed E-state index contributed by atoms with van der Waals surface area (Å²) in [5.41, 5.74) is 1.83. The summed E-state index contributed by atoms with van der Waals surface area (Å²) < 4.78 is 5.47. The topological polar surface area (TPSA) is 77.0 Å². The van der Waals surface area contributed by atoms with Crippen LogP contribution in [0.2, 0.25) is 0 Å². The van der Waals surface area contributed by atoms with Crippen molar-refractivity contribution in [1.82, 2.24) is 0 Å². The summed E-state index contributed by atoms with van der Waals surface area (Å²) in [5.74, 6) is 0.267. The fraction of sp³-hybridized carbons (Fsp3) is 0.211. The van der Waals surface area contributed by atoms with Crippen LogP contribution in [0.1, 0.15) is 29.8 Å². The minimum atomic E-state index is -0.365. The zero-order chi connectivity index (χ0) is 18.1. The Bertz CT molecular complexity index is 772. The molecule has 0 aliphatic rings. The Morgan fingerprint density at radius 1 is 1.16 bits per heavy atom. The SMILES string of the molecule is CCOc1ccccc1/C=N/OCC(=O)Nc1cccc(C(C)=O)c1. The van der Waals surface area contributed by atoms with Gasteiger partial charge in [0.05, 0.1) is 12.8 Å². The second-order valence-electron chi connectivity index (χ2n) is 5.16. The number of anilines is 1. The molecule has 0 unspecified atom stereocenters. The van der Waals surface area contributed by atoms with Crippen LogP contribution < -0.4 is 10.1 Å². The number of oxime groups is 1. The van der Waals surface area contributed by atoms with Crippen LogP contribution >= 0.6 is 0 Å². The summed E-state index contributed by atoms with van der Waals surface area (Å²) in [6.07, 6.45) is 1.49. The summed E-state index contributed by atoms with van der Waals surface area (Å²) in [7, 11) is 0. The number of amides is 1. The molecular weight excluding hydrogens is 320 g/mol. The number of nitrogens with zero attached hydrogens (tertiary/aromatic N) is 1. The first-order chi connectivity index (χ1) is 12.1. The Kier molecular flexibility index (Phi) is 6.71. The monoisotopic (exact) mass is 340 g/mol. The number of para-hydroxylation sites is 1. The third-order valence-electron chi connectivity index (χ3n) is 3.23. The third kappa shape index (κ3) is 5.76. The van der Waals surface area contributed by atoms with Gasteiger partial charge in [0.1, 0.15) is 5.75 Å². The average molecular weight is 340 g/mol. The summed E-state index contributed by atoms with van der Waals surface area (Å²) >= 11 is 0. The first kappa shape index (κ1) is 18.2. The Morgan fingerprint density at radius 3 is 2.72 bits per heavy atom. The second kappa shape index (κ2) is 9.22. The first-order valence-corrected chi connectivity index (χ1v) is 7.88. The van der Waals surface area contributed by atoms with Crippen molar-refractivity contribution in [3.8, 4) is 5.75 Å². The molecule has 25 heavy (non-hydrogen) atoms. The van der Waals surface area contributed by atoms with Crippen LogP contribution in [0.25, 0.3) is 0 Å². The predicted molar refractivity (Wildman–Crippen MR) is 96.2 cm³/mol. The highest BCUT2D eigenvalue weighted by atomic mass is 16.6. The maximum absolute atomic E-state index is 11.9. The van der Waals surface area contributed by atoms with E-state index in [1.807, 2.05) is 31.2 Å². The lowest BCUT2D eigenvalue weighted by Crippen LogP contribution is -2.17. The number of benzene rings is 2. The number of carbonyl (C=O) groups excluding carboxylic acids is 2. The highest BCUT2D eigenvalue weighted by Gasteiger charge is 2.05. The molecule has 0 aliphatic heterocycles. The normalized spacial score (nSPS) is 10.5. The quantitative estimate of drug-likeness (QED) is 0.454. The van der Waals surface area contributed by atoms with Crippen LogP contribution in [0.5, 0.6) is 5.75 Å². The van der Waals surface area contributed by atoms with Gasteiger partial charge in [-0.25, -0.2) is 0 Å². The molecule has 0 radical (unpaired) electrons. The van der Waals surface area contributed by atoms with Crippen molar-refractivity contribution < 1.29 is 19.2 Å². The van der Waals surface area contributed by atoms with Crippen molar-refractivity contribution in [2.24, 2.45) is 5.16 Å². The van der Waals surface area contributed by atoms with Gasteiger partial charge in [0.2, 0.25) is 0 Å². The molecular formula is C19H20N2O4. The highest BCUT2D eigenvalue weighted by molar-refractivity contribution is 5.97. The molecule has 0 saturated heterocycles. The highest BCUT2D eigenvalue weighted by Crippen LogP contribution is 2.15. The molecule has 0 atom stereocenters. The van der Waals surface area contributed by atoms with Crippen LogP contribution in [0.4, 0.5) is 5.69 Å². The van der Waals surface area contributed by atoms with Crippen molar-refractivity contribution in [1.29, 1.82) is 0 Å². The van der Waals surface area contributed by atoms with Gasteiger partial charge in [-0.15, -0.1) is 0 Å². The van der Waals surface area contributed by atoms with Crippen LogP contribution in [-0.4, -0.2) is 31.1 Å². The smallest absolute Gasteiger partial charge is 0.265 e. The fourth-order valence-corrected chi connectivity index (χ4v) is 2.08. The van der Waals surface area contributed by atoms with E-state index in [-0.39, 0.29) is 18.3 Å². The van der Waals surface area contributed by atoms with E-state index >= 15 is 0 Å². The molecule has 1 N–H and O–H groups in total. The van der Waals surface area contributed by atoms with Crippen molar-refractivity contribution in [2.75, 3.05) is 18.5 Å². The summed E-state index contributed by atoms with van der Waals surface area (Å²) in [5, 5.41) is 6.44. The Balaban J connectivity index is 1.86. The molecule has 2 aromatic rings. The number of hydrogen-bond donors (Lipinski definition) is 1. The van der Waals surface area contributed by atoms with E-state index in [0.717, 1.165) is 5.56 Å². The molecule has 0 saturated carbocycles. The number of ketones is 1. The van der Waals surface area contributed by atoms with Crippen LogP contribution in [-0.2, 0) is 9.63 Å². The number of ether oxygens (including phenoxy) is 1. The van der Waals surface area contributed by atoms with Gasteiger partial charge in [0, 0.05) is 16.8 Å². The number of Topliss-reactive ketones (excluding diaryl/α,β-unsaturated/α-hetero) is 1. The van der Waals surface area contributed by atoms with Gasteiger partial charge in [-0.1, -0.05) is 29.4 Å². The van der Waals surface area contributed by atoms with Crippen molar-refractivity contribution in [2.45, 2.75) is 13.8 Å².